The van der Waals surface area contributed by atoms with Crippen LogP contribution in [0.4, 0.5) is 0 Å². The van der Waals surface area contributed by atoms with Crippen LogP contribution < -0.4 is 5.43 Å². The Morgan fingerprint density at radius 1 is 0.938 bits per heavy atom. The van der Waals surface area contributed by atoms with Gasteiger partial charge in [0.25, 0.3) is 0 Å². The zero-order valence-corrected chi connectivity index (χ0v) is 18.0. The molecule has 5 nitrogen and oxygen atoms in total. The number of hydrogen-bond acceptors (Lipinski definition) is 4. The predicted octanol–water partition coefficient (Wildman–Crippen LogP) is 5.53. The lowest BCUT2D eigenvalue weighted by atomic mass is 9.90. The van der Waals surface area contributed by atoms with E-state index in [4.69, 9.17) is 4.42 Å². The Labute approximate surface area is 187 Å². The number of rotatable bonds is 6. The number of hydrazone groups is 1. The summed E-state index contributed by atoms with van der Waals surface area (Å²) in [7, 11) is 0. The quantitative estimate of drug-likeness (QED) is 0.443. The molecule has 1 aliphatic rings. The first kappa shape index (κ1) is 20.2. The molecule has 5 heteroatoms. The Hall–Kier alpha value is -3.73. The molecule has 1 unspecified atom stereocenters. The molecule has 160 valence electrons. The highest BCUT2D eigenvalue weighted by Gasteiger charge is 2.24. The van der Waals surface area contributed by atoms with Crippen molar-refractivity contribution in [2.45, 2.75) is 32.6 Å². The second-order valence-electron chi connectivity index (χ2n) is 8.23. The normalized spacial score (nSPS) is 16.1. The molecule has 0 saturated carbocycles. The number of benzene rings is 3. The fourth-order valence-electron chi connectivity index (χ4n) is 4.17. The van der Waals surface area contributed by atoms with Crippen LogP contribution in [0.3, 0.4) is 0 Å². The van der Waals surface area contributed by atoms with Crippen LogP contribution in [0.5, 0.6) is 0 Å². The molecule has 0 spiro atoms. The summed E-state index contributed by atoms with van der Waals surface area (Å²) in [6, 6.07) is 24.9. The molecule has 3 aromatic carbocycles. The van der Waals surface area contributed by atoms with Gasteiger partial charge in [0.15, 0.2) is 5.58 Å². The van der Waals surface area contributed by atoms with Crippen molar-refractivity contribution in [2.24, 2.45) is 11.0 Å². The van der Waals surface area contributed by atoms with Crippen molar-refractivity contribution >= 4 is 22.7 Å². The molecule has 0 saturated heterocycles. The van der Waals surface area contributed by atoms with Crippen molar-refractivity contribution in [2.75, 3.05) is 0 Å². The molecular formula is C27H25N3O2. The number of aryl methyl sites for hydroxylation is 2. The molecule has 0 fully saturated rings. The van der Waals surface area contributed by atoms with Crippen molar-refractivity contribution in [3.05, 3.63) is 89.5 Å². The van der Waals surface area contributed by atoms with Gasteiger partial charge in [0.2, 0.25) is 11.8 Å². The Morgan fingerprint density at radius 2 is 1.66 bits per heavy atom. The van der Waals surface area contributed by atoms with Gasteiger partial charge in [-0.15, -0.1) is 0 Å². The number of nitrogens with one attached hydrogen (secondary N) is 1. The van der Waals surface area contributed by atoms with Crippen molar-refractivity contribution in [1.82, 2.24) is 10.4 Å². The third-order valence-corrected chi connectivity index (χ3v) is 6.04. The molecule has 1 atom stereocenters. The smallest absolute Gasteiger partial charge is 0.240 e. The van der Waals surface area contributed by atoms with E-state index in [2.05, 4.69) is 71.0 Å². The van der Waals surface area contributed by atoms with Gasteiger partial charge in [-0.3, -0.25) is 4.79 Å². The minimum Gasteiger partial charge on any atom is -0.436 e. The van der Waals surface area contributed by atoms with Gasteiger partial charge in [0.1, 0.15) is 5.52 Å². The van der Waals surface area contributed by atoms with E-state index in [0.29, 0.717) is 12.3 Å². The summed E-state index contributed by atoms with van der Waals surface area (Å²) in [4.78, 5) is 16.3. The molecule has 1 aromatic heterocycles. The fourth-order valence-corrected chi connectivity index (χ4v) is 4.17. The van der Waals surface area contributed by atoms with Gasteiger partial charge in [-0.05, 0) is 54.7 Å². The maximum atomic E-state index is 11.7. The molecular weight excluding hydrogens is 398 g/mol. The Morgan fingerprint density at radius 3 is 2.41 bits per heavy atom. The van der Waals surface area contributed by atoms with Gasteiger partial charge in [-0.25, -0.2) is 10.4 Å². The number of carbonyl (C=O) groups is 1. The summed E-state index contributed by atoms with van der Waals surface area (Å²) in [6.07, 6.45) is 3.35. The third kappa shape index (κ3) is 4.19. The van der Waals surface area contributed by atoms with Gasteiger partial charge in [-0.1, -0.05) is 55.5 Å². The average molecular weight is 424 g/mol. The van der Waals surface area contributed by atoms with Crippen molar-refractivity contribution < 1.29 is 9.21 Å². The highest BCUT2D eigenvalue weighted by molar-refractivity contribution is 6.07. The zero-order valence-electron chi connectivity index (χ0n) is 18.0. The number of oxazole rings is 1. The van der Waals surface area contributed by atoms with Crippen molar-refractivity contribution in [1.29, 1.82) is 0 Å². The molecule has 1 amide bonds. The van der Waals surface area contributed by atoms with E-state index < -0.39 is 0 Å². The molecule has 1 aliphatic heterocycles. The monoisotopic (exact) mass is 423 g/mol. The van der Waals surface area contributed by atoms with Gasteiger partial charge < -0.3 is 4.42 Å². The highest BCUT2D eigenvalue weighted by Crippen LogP contribution is 2.28. The van der Waals surface area contributed by atoms with Crippen molar-refractivity contribution in [3.8, 4) is 11.5 Å². The summed E-state index contributed by atoms with van der Waals surface area (Å²) in [5, 5.41) is 4.31. The van der Waals surface area contributed by atoms with E-state index in [-0.39, 0.29) is 11.8 Å². The summed E-state index contributed by atoms with van der Waals surface area (Å²) in [5.41, 5.74) is 9.59. The van der Waals surface area contributed by atoms with E-state index in [1.165, 1.54) is 11.1 Å². The third-order valence-electron chi connectivity index (χ3n) is 6.04. The lowest BCUT2D eigenvalue weighted by Crippen LogP contribution is -2.33. The van der Waals surface area contributed by atoms with Crippen LogP contribution in [0.15, 0.2) is 82.3 Å². The highest BCUT2D eigenvalue weighted by atomic mass is 16.3. The van der Waals surface area contributed by atoms with Crippen LogP contribution >= 0.6 is 0 Å². The topological polar surface area (TPSA) is 67.5 Å². The molecule has 32 heavy (non-hydrogen) atoms. The van der Waals surface area contributed by atoms with Crippen LogP contribution in [-0.4, -0.2) is 16.6 Å². The number of amides is 1. The van der Waals surface area contributed by atoms with Crippen LogP contribution in [0.1, 0.15) is 36.5 Å². The van der Waals surface area contributed by atoms with E-state index in [1.54, 1.807) is 0 Å². The Bertz CT molecular complexity index is 1270. The molecule has 2 heterocycles. The van der Waals surface area contributed by atoms with Crippen molar-refractivity contribution in [3.63, 3.8) is 0 Å². The van der Waals surface area contributed by atoms with Crippen LogP contribution in [0.25, 0.3) is 22.6 Å². The summed E-state index contributed by atoms with van der Waals surface area (Å²) in [6.45, 7) is 2.08. The van der Waals surface area contributed by atoms with Gasteiger partial charge in [0.05, 0.1) is 5.71 Å². The van der Waals surface area contributed by atoms with Gasteiger partial charge in [-0.2, -0.15) is 5.10 Å². The maximum Gasteiger partial charge on any atom is 0.240 e. The first-order valence-electron chi connectivity index (χ1n) is 11.1. The van der Waals surface area contributed by atoms with E-state index in [9.17, 15) is 4.79 Å². The number of fused-ring (bicyclic) bond motifs is 1. The maximum absolute atomic E-state index is 11.7. The number of aromatic nitrogens is 1. The standard InChI is InChI=1S/C27H25N3O2/c1-2-20-17-25(31)29-30-26(20)22-14-15-23-24(16-22)32-27(28-23)21-12-10-19(11-13-21)9-8-18-6-4-3-5-7-18/h3-7,10-16,20H,2,8-9,17H2,1H3,(H,29,31). The Balaban J connectivity index is 1.35. The zero-order chi connectivity index (χ0) is 21.9. The summed E-state index contributed by atoms with van der Waals surface area (Å²) < 4.78 is 6.09. The largest absolute Gasteiger partial charge is 0.436 e. The second-order valence-corrected chi connectivity index (χ2v) is 8.23. The molecule has 0 radical (unpaired) electrons. The molecule has 5 rings (SSSR count). The molecule has 0 aliphatic carbocycles. The minimum absolute atomic E-state index is 0.0316. The van der Waals surface area contributed by atoms with Gasteiger partial charge in [0, 0.05) is 23.5 Å². The Kier molecular flexibility index (Phi) is 5.55. The van der Waals surface area contributed by atoms with Crippen LogP contribution in [0, 0.1) is 5.92 Å². The summed E-state index contributed by atoms with van der Waals surface area (Å²) >= 11 is 0. The van der Waals surface area contributed by atoms with E-state index in [1.807, 2.05) is 24.3 Å². The fraction of sp³-hybridized carbons (Fsp3) is 0.222. The summed E-state index contributed by atoms with van der Waals surface area (Å²) in [5.74, 6) is 0.695. The number of carbonyl (C=O) groups excluding carboxylic acids is 1. The van der Waals surface area contributed by atoms with E-state index in [0.717, 1.165) is 47.2 Å². The SMILES string of the molecule is CCC1CC(=O)NN=C1c1ccc2nc(-c3ccc(CCc4ccccc4)cc3)oc2c1. The lowest BCUT2D eigenvalue weighted by Gasteiger charge is -2.21. The molecule has 1 N–H and O–H groups in total. The molecule has 0 bridgehead atoms. The predicted molar refractivity (Wildman–Crippen MR) is 126 cm³/mol. The lowest BCUT2D eigenvalue weighted by molar-refractivity contribution is -0.122. The second kappa shape index (κ2) is 8.79. The first-order chi connectivity index (χ1) is 15.7. The number of hydrogen-bond donors (Lipinski definition) is 1. The van der Waals surface area contributed by atoms with Crippen LogP contribution in [0.2, 0.25) is 0 Å². The average Bonchev–Trinajstić information content (AvgIpc) is 3.27. The number of nitrogens with zero attached hydrogens (tertiary/aromatic N) is 2. The minimum atomic E-state index is -0.0316. The first-order valence-corrected chi connectivity index (χ1v) is 11.1. The van der Waals surface area contributed by atoms with E-state index >= 15 is 0 Å². The van der Waals surface area contributed by atoms with Crippen LogP contribution in [-0.2, 0) is 17.6 Å². The van der Waals surface area contributed by atoms with Gasteiger partial charge >= 0.3 is 0 Å². The molecule has 4 aromatic rings.